The summed E-state index contributed by atoms with van der Waals surface area (Å²) in [6.45, 7) is 3.04. The Morgan fingerprint density at radius 3 is 2.30 bits per heavy atom. The van der Waals surface area contributed by atoms with E-state index in [1.54, 1.807) is 6.07 Å². The summed E-state index contributed by atoms with van der Waals surface area (Å²) >= 11 is 0. The van der Waals surface area contributed by atoms with Crippen molar-refractivity contribution < 1.29 is 8.42 Å². The Hall–Kier alpha value is -0.820. The van der Waals surface area contributed by atoms with Gasteiger partial charge >= 0.3 is 0 Å². The second-order valence-corrected chi connectivity index (χ2v) is 3.91. The van der Waals surface area contributed by atoms with Gasteiger partial charge in [-0.15, -0.1) is 0 Å². The summed E-state index contributed by atoms with van der Waals surface area (Å²) in [6, 6.07) is 1.62. The van der Waals surface area contributed by atoms with Crippen LogP contribution in [0.25, 0.3) is 0 Å². The summed E-state index contributed by atoms with van der Waals surface area (Å²) in [5.41, 5.74) is 0. The van der Waals surface area contributed by atoms with Crippen molar-refractivity contribution in [2.24, 2.45) is 0 Å². The molecule has 0 fully saturated rings. The lowest BCUT2D eigenvalue weighted by molar-refractivity contribution is 0.604. The van der Waals surface area contributed by atoms with Gasteiger partial charge in [-0.1, -0.05) is 13.0 Å². The maximum Gasteiger partial charge on any atom is 0.187 e. The van der Waals surface area contributed by atoms with Gasteiger partial charge < -0.3 is 0 Å². The van der Waals surface area contributed by atoms with Crippen molar-refractivity contribution in [1.82, 2.24) is 0 Å². The van der Waals surface area contributed by atoms with E-state index in [-0.39, 0.29) is 10.7 Å². The summed E-state index contributed by atoms with van der Waals surface area (Å²) in [5.74, 6) is -0.0137. The number of nitriles is 1. The molecule has 0 atom stereocenters. The van der Waals surface area contributed by atoms with Crippen molar-refractivity contribution in [2.75, 3.05) is 5.75 Å². The quantitative estimate of drug-likeness (QED) is 0.561. The van der Waals surface area contributed by atoms with Gasteiger partial charge in [0.2, 0.25) is 0 Å². The highest BCUT2D eigenvalue weighted by atomic mass is 32.2. The molecule has 56 valence electrons. The highest BCUT2D eigenvalue weighted by molar-refractivity contribution is 7.95. The molecule has 0 saturated carbocycles. The van der Waals surface area contributed by atoms with E-state index in [1.165, 1.54) is 19.9 Å². The summed E-state index contributed by atoms with van der Waals surface area (Å²) in [4.78, 5) is -0.144. The van der Waals surface area contributed by atoms with Gasteiger partial charge in [-0.05, 0) is 6.92 Å². The van der Waals surface area contributed by atoms with E-state index in [1.807, 2.05) is 0 Å². The van der Waals surface area contributed by atoms with Gasteiger partial charge in [0, 0.05) is 0 Å². The molecule has 0 radical (unpaired) electrons. The van der Waals surface area contributed by atoms with Crippen molar-refractivity contribution in [1.29, 1.82) is 5.26 Å². The first-order chi connectivity index (χ1) is 4.58. The molecule has 0 saturated heterocycles. The lowest BCUT2D eigenvalue weighted by atomic mass is 10.6. The molecule has 3 nitrogen and oxygen atoms in total. The topological polar surface area (TPSA) is 57.9 Å². The third kappa shape index (κ3) is 1.85. The van der Waals surface area contributed by atoms with Crippen LogP contribution in [0.1, 0.15) is 13.8 Å². The predicted molar refractivity (Wildman–Crippen MR) is 38.8 cm³/mol. The highest BCUT2D eigenvalue weighted by Crippen LogP contribution is 2.04. The number of rotatable bonds is 2. The standard InChI is InChI=1S/C6H9NO2S/c1-3-6(5-7)10(8,9)4-2/h3H,4H2,1-2H3/b6-3+. The summed E-state index contributed by atoms with van der Waals surface area (Å²) < 4.78 is 21.7. The van der Waals surface area contributed by atoms with Crippen LogP contribution in [-0.4, -0.2) is 14.2 Å². The Labute approximate surface area is 60.9 Å². The predicted octanol–water partition coefficient (Wildman–Crippen LogP) is 0.848. The average Bonchev–Trinajstić information content (AvgIpc) is 1.90. The van der Waals surface area contributed by atoms with Crippen LogP contribution in [0.15, 0.2) is 11.0 Å². The zero-order chi connectivity index (χ0) is 8.20. The zero-order valence-corrected chi connectivity index (χ0v) is 6.77. The molecule has 10 heavy (non-hydrogen) atoms. The number of sulfone groups is 1. The SMILES string of the molecule is C/C=C(\C#N)S(=O)(=O)CC. The number of allylic oxidation sites excluding steroid dienone is 2. The first-order valence-electron chi connectivity index (χ1n) is 2.87. The fourth-order valence-electron chi connectivity index (χ4n) is 0.469. The van der Waals surface area contributed by atoms with Crippen molar-refractivity contribution in [3.8, 4) is 6.07 Å². The van der Waals surface area contributed by atoms with Gasteiger partial charge in [0.1, 0.15) is 11.0 Å². The zero-order valence-electron chi connectivity index (χ0n) is 5.96. The minimum atomic E-state index is -3.26. The molecule has 0 bridgehead atoms. The van der Waals surface area contributed by atoms with E-state index in [9.17, 15) is 8.42 Å². The van der Waals surface area contributed by atoms with Crippen LogP contribution in [-0.2, 0) is 9.84 Å². The Kier molecular flexibility index (Phi) is 3.10. The molecule has 4 heteroatoms. The van der Waals surface area contributed by atoms with Gasteiger partial charge in [-0.3, -0.25) is 0 Å². The van der Waals surface area contributed by atoms with E-state index >= 15 is 0 Å². The Morgan fingerprint density at radius 1 is 1.70 bits per heavy atom. The van der Waals surface area contributed by atoms with Crippen molar-refractivity contribution >= 4 is 9.84 Å². The molecular weight excluding hydrogens is 150 g/mol. The maximum atomic E-state index is 10.9. The van der Waals surface area contributed by atoms with Crippen LogP contribution in [0.5, 0.6) is 0 Å². The Balaban J connectivity index is 4.87. The van der Waals surface area contributed by atoms with Gasteiger partial charge in [-0.2, -0.15) is 5.26 Å². The third-order valence-corrected chi connectivity index (χ3v) is 2.84. The Morgan fingerprint density at radius 2 is 2.20 bits per heavy atom. The van der Waals surface area contributed by atoms with Crippen LogP contribution in [0.3, 0.4) is 0 Å². The monoisotopic (exact) mass is 159 g/mol. The van der Waals surface area contributed by atoms with Crippen molar-refractivity contribution in [3.63, 3.8) is 0 Å². The molecule has 0 aliphatic carbocycles. The summed E-state index contributed by atoms with van der Waals surface area (Å²) in [7, 11) is -3.26. The van der Waals surface area contributed by atoms with Gasteiger partial charge in [0.25, 0.3) is 0 Å². The molecule has 0 aromatic carbocycles. The molecule has 0 amide bonds. The molecule has 0 N–H and O–H groups in total. The molecule has 0 rings (SSSR count). The first-order valence-corrected chi connectivity index (χ1v) is 4.53. The maximum absolute atomic E-state index is 10.9. The van der Waals surface area contributed by atoms with E-state index < -0.39 is 9.84 Å². The number of nitrogens with zero attached hydrogens (tertiary/aromatic N) is 1. The minimum absolute atomic E-state index is 0.0137. The second-order valence-electron chi connectivity index (χ2n) is 1.67. The molecule has 0 aromatic rings. The van der Waals surface area contributed by atoms with Gasteiger partial charge in [0.15, 0.2) is 9.84 Å². The fraction of sp³-hybridized carbons (Fsp3) is 0.500. The largest absolute Gasteiger partial charge is 0.223 e. The van der Waals surface area contributed by atoms with E-state index in [0.717, 1.165) is 0 Å². The second kappa shape index (κ2) is 3.37. The smallest absolute Gasteiger partial charge is 0.187 e. The van der Waals surface area contributed by atoms with Crippen LogP contribution >= 0.6 is 0 Å². The van der Waals surface area contributed by atoms with E-state index in [4.69, 9.17) is 5.26 Å². The highest BCUT2D eigenvalue weighted by Gasteiger charge is 2.12. The molecule has 0 aliphatic rings. The molecule has 0 unspecified atom stereocenters. The molecular formula is C6H9NO2S. The lowest BCUT2D eigenvalue weighted by Gasteiger charge is -1.94. The van der Waals surface area contributed by atoms with Crippen LogP contribution < -0.4 is 0 Å². The molecule has 0 aliphatic heterocycles. The minimum Gasteiger partial charge on any atom is -0.223 e. The molecule has 0 aromatic heterocycles. The van der Waals surface area contributed by atoms with Crippen molar-refractivity contribution in [3.05, 3.63) is 11.0 Å². The summed E-state index contributed by atoms with van der Waals surface area (Å²) in [5, 5.41) is 8.30. The average molecular weight is 159 g/mol. The van der Waals surface area contributed by atoms with E-state index in [0.29, 0.717) is 0 Å². The van der Waals surface area contributed by atoms with E-state index in [2.05, 4.69) is 0 Å². The first kappa shape index (κ1) is 9.18. The lowest BCUT2D eigenvalue weighted by Crippen LogP contribution is -2.04. The van der Waals surface area contributed by atoms with Crippen LogP contribution in [0.2, 0.25) is 0 Å². The summed E-state index contributed by atoms with van der Waals surface area (Å²) in [6.07, 6.45) is 1.30. The molecule has 0 heterocycles. The number of hydrogen-bond acceptors (Lipinski definition) is 3. The fourth-order valence-corrected chi connectivity index (χ4v) is 1.28. The van der Waals surface area contributed by atoms with Crippen molar-refractivity contribution in [2.45, 2.75) is 13.8 Å². The third-order valence-electron chi connectivity index (χ3n) is 1.09. The van der Waals surface area contributed by atoms with Crippen LogP contribution in [0.4, 0.5) is 0 Å². The molecule has 0 spiro atoms. The van der Waals surface area contributed by atoms with Crippen LogP contribution in [0, 0.1) is 11.3 Å². The van der Waals surface area contributed by atoms with Gasteiger partial charge in [-0.25, -0.2) is 8.42 Å². The normalized spacial score (nSPS) is 12.7. The Bertz CT molecular complexity index is 269. The van der Waals surface area contributed by atoms with Gasteiger partial charge in [0.05, 0.1) is 5.75 Å². The number of hydrogen-bond donors (Lipinski definition) is 0.